The van der Waals surface area contributed by atoms with Crippen LogP contribution < -0.4 is 14.5 Å². The van der Waals surface area contributed by atoms with Crippen LogP contribution in [0.25, 0.3) is 15.6 Å². The molecule has 1 saturated heterocycles. The van der Waals surface area contributed by atoms with Crippen molar-refractivity contribution in [3.05, 3.63) is 77.0 Å². The summed E-state index contributed by atoms with van der Waals surface area (Å²) in [5, 5.41) is 1.44. The third-order valence-electron chi connectivity index (χ3n) is 9.18. The molecule has 11 heteroatoms. The summed E-state index contributed by atoms with van der Waals surface area (Å²) in [5.41, 5.74) is 2.65. The largest absolute Gasteiger partial charge is 0.462 e. The summed E-state index contributed by atoms with van der Waals surface area (Å²) in [5.74, 6) is 0.208. The lowest BCUT2D eigenvalue weighted by Crippen LogP contribution is -2.56. The van der Waals surface area contributed by atoms with Gasteiger partial charge >= 0.3 is 6.01 Å². The first-order valence-electron chi connectivity index (χ1n) is 15.7. The number of amides is 1. The van der Waals surface area contributed by atoms with Crippen molar-refractivity contribution in [3.63, 3.8) is 0 Å². The molecule has 1 saturated carbocycles. The molecule has 3 aliphatic rings. The Morgan fingerprint density at radius 3 is 2.73 bits per heavy atom. The van der Waals surface area contributed by atoms with Crippen LogP contribution in [-0.4, -0.2) is 96.9 Å². The second kappa shape index (κ2) is 13.4. The molecular weight excluding hydrogens is 576 g/mol. The van der Waals surface area contributed by atoms with Crippen molar-refractivity contribution in [1.82, 2.24) is 19.8 Å². The Morgan fingerprint density at radius 2 is 1.98 bits per heavy atom. The number of carbonyl (C=O) groups is 1. The molecule has 2 atom stereocenters. The number of hydrogen-bond donors (Lipinski definition) is 0. The van der Waals surface area contributed by atoms with Crippen LogP contribution in [-0.2, 0) is 17.8 Å². The molecule has 9 nitrogen and oxygen atoms in total. The summed E-state index contributed by atoms with van der Waals surface area (Å²) in [6.45, 7) is 11.9. The van der Waals surface area contributed by atoms with E-state index < -0.39 is 6.67 Å². The Balaban J connectivity index is 1.31. The Morgan fingerprint density at radius 1 is 1.18 bits per heavy atom. The Labute approximate surface area is 262 Å². The summed E-state index contributed by atoms with van der Waals surface area (Å²) in [6, 6.07) is 11.7. The summed E-state index contributed by atoms with van der Waals surface area (Å²) in [4.78, 5) is 34.5. The van der Waals surface area contributed by atoms with Gasteiger partial charge in [-0.25, -0.2) is 15.4 Å². The highest BCUT2D eigenvalue weighted by Gasteiger charge is 2.35. The molecule has 0 unspecified atom stereocenters. The molecular formula is C34H39F2N7O2. The van der Waals surface area contributed by atoms with Gasteiger partial charge in [0, 0.05) is 61.0 Å². The summed E-state index contributed by atoms with van der Waals surface area (Å²) in [6.07, 6.45) is 5.49. The molecule has 0 spiro atoms. The Hall–Kier alpha value is -4.30. The van der Waals surface area contributed by atoms with E-state index >= 15 is 4.39 Å². The maximum atomic E-state index is 15.1. The molecule has 3 heterocycles. The third kappa shape index (κ3) is 6.57. The second-order valence-electron chi connectivity index (χ2n) is 12.1. The van der Waals surface area contributed by atoms with Crippen molar-refractivity contribution in [1.29, 1.82) is 0 Å². The fourth-order valence-electron chi connectivity index (χ4n) is 6.45. The molecule has 0 N–H and O–H groups in total. The standard InChI is InChI=1S/C34H39F2N7O2/c1-23(40(3)25-12-13-25)22-45-34-38-29-21-41(30-10-5-8-24-7-4-9-28(36)32(24)30)16-14-27(29)33(39-34)42-17-18-43(26(20-42)19-37-2)31(44)11-6-15-35/h4-11,23,25-26H,12-22H2,1,3H3/b11-6+/t23-,26-/m0/s1. The maximum Gasteiger partial charge on any atom is 0.318 e. The summed E-state index contributed by atoms with van der Waals surface area (Å²) < 4.78 is 34.0. The highest BCUT2D eigenvalue weighted by atomic mass is 19.1. The van der Waals surface area contributed by atoms with Gasteiger partial charge in [-0.05, 0) is 56.8 Å². The van der Waals surface area contributed by atoms with Crippen molar-refractivity contribution >= 4 is 28.2 Å². The first kappa shape index (κ1) is 30.7. The van der Waals surface area contributed by atoms with Crippen molar-refractivity contribution in [2.75, 3.05) is 62.9 Å². The minimum atomic E-state index is -0.716. The average molecular weight is 616 g/mol. The molecule has 6 rings (SSSR count). The van der Waals surface area contributed by atoms with E-state index in [1.165, 1.54) is 31.1 Å². The zero-order valence-electron chi connectivity index (χ0n) is 25.8. The lowest BCUT2D eigenvalue weighted by molar-refractivity contribution is -0.128. The number of likely N-dealkylation sites (N-methyl/N-ethyl adjacent to an activating group) is 1. The highest BCUT2D eigenvalue weighted by Crippen LogP contribution is 2.36. The van der Waals surface area contributed by atoms with Gasteiger partial charge in [-0.2, -0.15) is 9.97 Å². The molecule has 0 radical (unpaired) electrons. The van der Waals surface area contributed by atoms with Gasteiger partial charge in [0.25, 0.3) is 0 Å². The molecule has 0 bridgehead atoms. The van der Waals surface area contributed by atoms with Gasteiger partial charge in [-0.15, -0.1) is 0 Å². The first-order chi connectivity index (χ1) is 21.9. The number of carbonyl (C=O) groups excluding carboxylic acids is 1. The number of rotatable bonds is 10. The lowest BCUT2D eigenvalue weighted by Gasteiger charge is -2.41. The first-order valence-corrected chi connectivity index (χ1v) is 15.7. The normalized spacial score (nSPS) is 19.2. The van der Waals surface area contributed by atoms with Gasteiger partial charge in [-0.1, -0.05) is 24.3 Å². The minimum absolute atomic E-state index is 0.133. The van der Waals surface area contributed by atoms with Crippen LogP contribution in [0.4, 0.5) is 20.3 Å². The van der Waals surface area contributed by atoms with Gasteiger partial charge < -0.3 is 24.3 Å². The van der Waals surface area contributed by atoms with Gasteiger partial charge in [0.05, 0.1) is 12.2 Å². The van der Waals surface area contributed by atoms with E-state index in [1.807, 2.05) is 24.3 Å². The fraction of sp³-hybridized carbons (Fsp3) is 0.471. The molecule has 1 aromatic heterocycles. The van der Waals surface area contributed by atoms with Crippen LogP contribution in [0.3, 0.4) is 0 Å². The maximum absolute atomic E-state index is 15.1. The topological polar surface area (TPSA) is 69.4 Å². The number of nitrogens with zero attached hydrogens (tertiary/aromatic N) is 7. The third-order valence-corrected chi connectivity index (χ3v) is 9.18. The van der Waals surface area contributed by atoms with E-state index in [1.54, 1.807) is 11.0 Å². The van der Waals surface area contributed by atoms with E-state index in [0.717, 1.165) is 28.1 Å². The molecule has 3 aromatic rings. The van der Waals surface area contributed by atoms with Crippen molar-refractivity contribution in [3.8, 4) is 6.01 Å². The molecule has 2 aliphatic heterocycles. The molecule has 1 amide bonds. The van der Waals surface area contributed by atoms with Gasteiger partial charge in [0.15, 0.2) is 0 Å². The number of allylic oxidation sites excluding steroid dienone is 1. The van der Waals surface area contributed by atoms with Crippen LogP contribution in [0.5, 0.6) is 6.01 Å². The van der Waals surface area contributed by atoms with Gasteiger partial charge in [0.1, 0.15) is 31.0 Å². The number of anilines is 2. The van der Waals surface area contributed by atoms with Gasteiger partial charge in [0.2, 0.25) is 12.5 Å². The molecule has 1 aliphatic carbocycles. The number of aromatic nitrogens is 2. The van der Waals surface area contributed by atoms with E-state index in [-0.39, 0.29) is 36.4 Å². The number of fused-ring (bicyclic) bond motifs is 2. The van der Waals surface area contributed by atoms with Crippen LogP contribution in [0, 0.1) is 12.4 Å². The molecule has 236 valence electrons. The SMILES string of the molecule is [C-]#[N+]C[C@H]1CN(c2nc(OC[C@H](C)N(C)C3CC3)nc3c2CCN(c2cccc4cccc(F)c24)C3)CCN1C(=O)/C=C/CF. The number of ether oxygens (including phenoxy) is 1. The van der Waals surface area contributed by atoms with Crippen LogP contribution in [0.15, 0.2) is 48.6 Å². The van der Waals surface area contributed by atoms with Gasteiger partial charge in [-0.3, -0.25) is 9.69 Å². The molecule has 45 heavy (non-hydrogen) atoms. The molecule has 2 fully saturated rings. The summed E-state index contributed by atoms with van der Waals surface area (Å²) in [7, 11) is 2.12. The zero-order chi connectivity index (χ0) is 31.5. The highest BCUT2D eigenvalue weighted by molar-refractivity contribution is 5.95. The van der Waals surface area contributed by atoms with E-state index in [9.17, 15) is 9.18 Å². The average Bonchev–Trinajstić information content (AvgIpc) is 3.91. The van der Waals surface area contributed by atoms with Crippen LogP contribution >= 0.6 is 0 Å². The fourth-order valence-corrected chi connectivity index (χ4v) is 6.45. The van der Waals surface area contributed by atoms with Crippen molar-refractivity contribution in [2.45, 2.75) is 50.9 Å². The zero-order valence-corrected chi connectivity index (χ0v) is 25.8. The summed E-state index contributed by atoms with van der Waals surface area (Å²) >= 11 is 0. The van der Waals surface area contributed by atoms with E-state index in [2.05, 4.69) is 33.5 Å². The lowest BCUT2D eigenvalue weighted by atomic mass is 10.0. The number of halogens is 2. The van der Waals surface area contributed by atoms with Crippen LogP contribution in [0.2, 0.25) is 0 Å². The number of benzene rings is 2. The van der Waals surface area contributed by atoms with E-state index in [4.69, 9.17) is 21.3 Å². The van der Waals surface area contributed by atoms with Crippen LogP contribution in [0.1, 0.15) is 31.0 Å². The number of piperazine rings is 1. The molecule has 2 aromatic carbocycles. The number of hydrogen-bond acceptors (Lipinski definition) is 7. The monoisotopic (exact) mass is 615 g/mol. The predicted octanol–water partition coefficient (Wildman–Crippen LogP) is 4.66. The quantitative estimate of drug-likeness (QED) is 0.243. The van der Waals surface area contributed by atoms with E-state index in [0.29, 0.717) is 57.2 Å². The minimum Gasteiger partial charge on any atom is -0.462 e. The van der Waals surface area contributed by atoms with Crippen molar-refractivity contribution in [2.24, 2.45) is 0 Å². The second-order valence-corrected chi connectivity index (χ2v) is 12.1. The predicted molar refractivity (Wildman–Crippen MR) is 171 cm³/mol. The Bertz CT molecular complexity index is 1620. The smallest absolute Gasteiger partial charge is 0.318 e. The Kier molecular flexibility index (Phi) is 9.12. The number of alkyl halides is 1. The van der Waals surface area contributed by atoms with Crippen molar-refractivity contribution < 1.29 is 18.3 Å².